The summed E-state index contributed by atoms with van der Waals surface area (Å²) in [5.74, 6) is 2.12. The first-order valence-corrected chi connectivity index (χ1v) is 9.70. The van der Waals surface area contributed by atoms with E-state index in [0.717, 1.165) is 0 Å². The number of benzene rings is 4. The Hall–Kier alpha value is -4.92. The fraction of sp³-hybridized carbons (Fsp3) is 0. The van der Waals surface area contributed by atoms with E-state index in [2.05, 4.69) is 0 Å². The molecule has 9 nitrogen and oxygen atoms in total. The van der Waals surface area contributed by atoms with Crippen LogP contribution in [-0.4, -0.2) is 9.85 Å². The molecular formula is C24H16N2O7. The SMILES string of the molecule is O=[N+]([O-])c1ccc(Oc2cccc(Oc3ccccc3)c2Oc2ccc([N+](=O)[O-])cc2)cc1. The van der Waals surface area contributed by atoms with Crippen molar-refractivity contribution in [2.45, 2.75) is 0 Å². The van der Waals surface area contributed by atoms with Gasteiger partial charge >= 0.3 is 0 Å². The highest BCUT2D eigenvalue weighted by atomic mass is 16.6. The van der Waals surface area contributed by atoms with Crippen LogP contribution in [0.5, 0.6) is 34.5 Å². The molecule has 33 heavy (non-hydrogen) atoms. The largest absolute Gasteiger partial charge is 0.453 e. The van der Waals surface area contributed by atoms with Gasteiger partial charge in [0.1, 0.15) is 17.2 Å². The fourth-order valence-corrected chi connectivity index (χ4v) is 2.89. The summed E-state index contributed by atoms with van der Waals surface area (Å²) >= 11 is 0. The van der Waals surface area contributed by atoms with E-state index in [-0.39, 0.29) is 22.9 Å². The van der Waals surface area contributed by atoms with Crippen molar-refractivity contribution in [2.24, 2.45) is 0 Å². The second-order valence-corrected chi connectivity index (χ2v) is 6.70. The zero-order chi connectivity index (χ0) is 23.2. The molecule has 4 rings (SSSR count). The first kappa shape index (κ1) is 21.3. The van der Waals surface area contributed by atoms with Gasteiger partial charge in [0, 0.05) is 24.3 Å². The summed E-state index contributed by atoms with van der Waals surface area (Å²) in [6.45, 7) is 0. The van der Waals surface area contributed by atoms with E-state index in [0.29, 0.717) is 23.0 Å². The second-order valence-electron chi connectivity index (χ2n) is 6.70. The van der Waals surface area contributed by atoms with Crippen LogP contribution < -0.4 is 14.2 Å². The van der Waals surface area contributed by atoms with Gasteiger partial charge in [-0.3, -0.25) is 20.2 Å². The fourth-order valence-electron chi connectivity index (χ4n) is 2.89. The monoisotopic (exact) mass is 444 g/mol. The van der Waals surface area contributed by atoms with Gasteiger partial charge in [0.2, 0.25) is 5.75 Å². The van der Waals surface area contributed by atoms with E-state index >= 15 is 0 Å². The summed E-state index contributed by atoms with van der Waals surface area (Å²) in [6, 6.07) is 25.3. The van der Waals surface area contributed by atoms with E-state index in [1.807, 2.05) is 18.2 Å². The van der Waals surface area contributed by atoms with E-state index in [1.54, 1.807) is 30.3 Å². The molecule has 4 aromatic carbocycles. The molecular weight excluding hydrogens is 428 g/mol. The van der Waals surface area contributed by atoms with Crippen LogP contribution in [0, 0.1) is 20.2 Å². The van der Waals surface area contributed by atoms with Gasteiger partial charge in [0.05, 0.1) is 9.85 Å². The van der Waals surface area contributed by atoms with Crippen molar-refractivity contribution in [3.05, 3.63) is 117 Å². The van der Waals surface area contributed by atoms with Crippen molar-refractivity contribution in [3.63, 3.8) is 0 Å². The molecule has 0 atom stereocenters. The zero-order valence-corrected chi connectivity index (χ0v) is 17.0. The molecule has 0 aliphatic heterocycles. The van der Waals surface area contributed by atoms with E-state index < -0.39 is 9.85 Å². The third-order valence-corrected chi connectivity index (χ3v) is 4.46. The lowest BCUT2D eigenvalue weighted by molar-refractivity contribution is -0.385. The van der Waals surface area contributed by atoms with Gasteiger partial charge in [-0.1, -0.05) is 24.3 Å². The summed E-state index contributed by atoms with van der Waals surface area (Å²) in [5.41, 5.74) is -0.135. The molecule has 0 fully saturated rings. The van der Waals surface area contributed by atoms with Crippen molar-refractivity contribution < 1.29 is 24.1 Å². The molecule has 0 amide bonds. The molecule has 0 saturated heterocycles. The first-order chi connectivity index (χ1) is 16.0. The highest BCUT2D eigenvalue weighted by molar-refractivity contribution is 5.56. The molecule has 164 valence electrons. The number of nitro benzene ring substituents is 2. The van der Waals surface area contributed by atoms with Crippen molar-refractivity contribution in [3.8, 4) is 34.5 Å². The quantitative estimate of drug-likeness (QED) is 0.215. The van der Waals surface area contributed by atoms with Gasteiger partial charge in [0.25, 0.3) is 11.4 Å². The second kappa shape index (κ2) is 9.48. The highest BCUT2D eigenvalue weighted by Gasteiger charge is 2.17. The van der Waals surface area contributed by atoms with Crippen LogP contribution in [-0.2, 0) is 0 Å². The molecule has 0 saturated carbocycles. The first-order valence-electron chi connectivity index (χ1n) is 9.70. The van der Waals surface area contributed by atoms with Crippen molar-refractivity contribution in [1.82, 2.24) is 0 Å². The van der Waals surface area contributed by atoms with Crippen LogP contribution in [0.3, 0.4) is 0 Å². The van der Waals surface area contributed by atoms with Crippen molar-refractivity contribution in [1.29, 1.82) is 0 Å². The number of hydrogen-bond donors (Lipinski definition) is 0. The Morgan fingerprint density at radius 1 is 0.485 bits per heavy atom. The molecule has 0 bridgehead atoms. The van der Waals surface area contributed by atoms with Gasteiger partial charge < -0.3 is 14.2 Å². The van der Waals surface area contributed by atoms with Gasteiger partial charge in [-0.05, 0) is 48.5 Å². The highest BCUT2D eigenvalue weighted by Crippen LogP contribution is 2.44. The van der Waals surface area contributed by atoms with Crippen LogP contribution in [0.15, 0.2) is 97.1 Å². The number of nitro groups is 2. The standard InChI is InChI=1S/C24H16N2O7/c27-25(28)17-9-13-20(14-10-17)32-23-8-4-7-22(31-19-5-2-1-3-6-19)24(23)33-21-15-11-18(12-16-21)26(29)30/h1-16H. The predicted molar refractivity (Wildman–Crippen MR) is 119 cm³/mol. The maximum Gasteiger partial charge on any atom is 0.269 e. The Balaban J connectivity index is 1.69. The Morgan fingerprint density at radius 3 is 1.36 bits per heavy atom. The maximum absolute atomic E-state index is 10.9. The molecule has 4 aromatic rings. The topological polar surface area (TPSA) is 114 Å². The molecule has 0 unspecified atom stereocenters. The summed E-state index contributed by atoms with van der Waals surface area (Å²) in [7, 11) is 0. The zero-order valence-electron chi connectivity index (χ0n) is 17.0. The average molecular weight is 444 g/mol. The number of ether oxygens (including phenoxy) is 3. The van der Waals surface area contributed by atoms with Gasteiger partial charge in [-0.25, -0.2) is 0 Å². The number of non-ortho nitro benzene ring substituents is 2. The molecule has 0 radical (unpaired) electrons. The summed E-state index contributed by atoms with van der Waals surface area (Å²) < 4.78 is 17.9. The lowest BCUT2D eigenvalue weighted by atomic mass is 10.2. The molecule has 0 spiro atoms. The van der Waals surface area contributed by atoms with Gasteiger partial charge in [-0.2, -0.15) is 0 Å². The van der Waals surface area contributed by atoms with E-state index in [1.165, 1.54) is 48.5 Å². The maximum atomic E-state index is 10.9. The number of nitrogens with zero attached hydrogens (tertiary/aromatic N) is 2. The Labute approximate surface area is 187 Å². The Kier molecular flexibility index (Phi) is 6.12. The Morgan fingerprint density at radius 2 is 0.909 bits per heavy atom. The van der Waals surface area contributed by atoms with Crippen LogP contribution >= 0.6 is 0 Å². The molecule has 0 aliphatic rings. The minimum absolute atomic E-state index is 0.0640. The number of hydrogen-bond acceptors (Lipinski definition) is 7. The number of rotatable bonds is 8. The normalized spacial score (nSPS) is 10.3. The molecule has 0 heterocycles. The third kappa shape index (κ3) is 5.23. The van der Waals surface area contributed by atoms with Crippen LogP contribution in [0.2, 0.25) is 0 Å². The summed E-state index contributed by atoms with van der Waals surface area (Å²) in [4.78, 5) is 20.8. The van der Waals surface area contributed by atoms with Gasteiger partial charge in [0.15, 0.2) is 11.5 Å². The molecule has 9 heteroatoms. The lowest BCUT2D eigenvalue weighted by Gasteiger charge is -2.16. The number of para-hydroxylation sites is 2. The van der Waals surface area contributed by atoms with E-state index in [9.17, 15) is 20.2 Å². The third-order valence-electron chi connectivity index (χ3n) is 4.46. The Bertz CT molecular complexity index is 1270. The minimum Gasteiger partial charge on any atom is -0.453 e. The lowest BCUT2D eigenvalue weighted by Crippen LogP contribution is -1.95. The van der Waals surface area contributed by atoms with Crippen molar-refractivity contribution >= 4 is 11.4 Å². The molecule has 0 aromatic heterocycles. The van der Waals surface area contributed by atoms with E-state index in [4.69, 9.17) is 14.2 Å². The predicted octanol–water partition coefficient (Wildman–Crippen LogP) is 6.88. The smallest absolute Gasteiger partial charge is 0.269 e. The minimum atomic E-state index is -0.501. The summed E-state index contributed by atoms with van der Waals surface area (Å²) in [6.07, 6.45) is 0. The van der Waals surface area contributed by atoms with Crippen LogP contribution in [0.25, 0.3) is 0 Å². The molecule has 0 N–H and O–H groups in total. The summed E-state index contributed by atoms with van der Waals surface area (Å²) in [5, 5.41) is 21.8. The van der Waals surface area contributed by atoms with Crippen molar-refractivity contribution in [2.75, 3.05) is 0 Å². The average Bonchev–Trinajstić information content (AvgIpc) is 2.82. The van der Waals surface area contributed by atoms with Crippen LogP contribution in [0.1, 0.15) is 0 Å². The molecule has 0 aliphatic carbocycles. The van der Waals surface area contributed by atoms with Gasteiger partial charge in [-0.15, -0.1) is 0 Å². The van der Waals surface area contributed by atoms with Crippen LogP contribution in [0.4, 0.5) is 11.4 Å².